The van der Waals surface area contributed by atoms with Crippen LogP contribution in [0, 0.1) is 6.92 Å². The number of nitrogens with zero attached hydrogens (tertiary/aromatic N) is 4. The molecule has 212 valence electrons. The zero-order valence-corrected chi connectivity index (χ0v) is 23.6. The van der Waals surface area contributed by atoms with Gasteiger partial charge in [0, 0.05) is 22.1 Å². The van der Waals surface area contributed by atoms with Gasteiger partial charge in [0.05, 0.1) is 27.6 Å². The summed E-state index contributed by atoms with van der Waals surface area (Å²) in [6.07, 6.45) is 0. The third kappa shape index (κ3) is 6.56. The van der Waals surface area contributed by atoms with Crippen LogP contribution in [0.3, 0.4) is 0 Å². The van der Waals surface area contributed by atoms with Gasteiger partial charge in [-0.2, -0.15) is 32.2 Å². The highest BCUT2D eigenvalue weighted by Gasteiger charge is 2.19. The number of fused-ring (bicyclic) bond motifs is 1. The molecule has 0 fully saturated rings. The normalized spacial score (nSPS) is 12.4. The zero-order valence-electron chi connectivity index (χ0n) is 21.9. The highest BCUT2D eigenvalue weighted by atomic mass is 32.2. The van der Waals surface area contributed by atoms with Gasteiger partial charge >= 0.3 is 0 Å². The van der Waals surface area contributed by atoms with Gasteiger partial charge in [0.2, 0.25) is 0 Å². The maximum absolute atomic E-state index is 12.2. The second kappa shape index (κ2) is 11.6. The van der Waals surface area contributed by atoms with Gasteiger partial charge in [-0.1, -0.05) is 36.4 Å². The summed E-state index contributed by atoms with van der Waals surface area (Å²) in [5, 5.41) is 20.8. The first-order chi connectivity index (χ1) is 20.0. The summed E-state index contributed by atoms with van der Waals surface area (Å²) in [7, 11) is -8.91. The average Bonchev–Trinajstić information content (AvgIpc) is 2.95. The average molecular weight is 602 g/mol. The van der Waals surface area contributed by atoms with Gasteiger partial charge in [0.15, 0.2) is 0 Å². The first-order valence-corrected chi connectivity index (χ1v) is 15.2. The molecule has 0 aromatic heterocycles. The summed E-state index contributed by atoms with van der Waals surface area (Å²) < 4.78 is 66.4. The Hall–Kier alpha value is -4.82. The Balaban J connectivity index is 1.46. The Kier molecular flexibility index (Phi) is 7.91. The van der Waals surface area contributed by atoms with E-state index in [2.05, 4.69) is 25.8 Å². The standard InChI is InChI=1S/C29H23N5O6S2/c1-19-17-22(13-14-25(19)33-31-21-9-5-10-23(18-21)41(35,36)37)32-34-26-15-16-27(30-20-7-3-2-4-8-20)29-24(26)11-6-12-28(29)42(38,39)40/h2-18,30H,1H3,(H,35,36,37)(H,38,39,40)/b33-31+,34-32+. The molecule has 0 heterocycles. The highest BCUT2D eigenvalue weighted by molar-refractivity contribution is 7.86. The first kappa shape index (κ1) is 28.7. The molecule has 0 unspecified atom stereocenters. The van der Waals surface area contributed by atoms with Crippen LogP contribution in [0.4, 0.5) is 34.1 Å². The first-order valence-electron chi connectivity index (χ1n) is 12.4. The van der Waals surface area contributed by atoms with E-state index in [4.69, 9.17) is 0 Å². The second-order valence-corrected chi connectivity index (χ2v) is 11.9. The van der Waals surface area contributed by atoms with E-state index in [0.717, 1.165) is 5.69 Å². The molecule has 42 heavy (non-hydrogen) atoms. The van der Waals surface area contributed by atoms with Crippen LogP contribution in [-0.2, 0) is 20.2 Å². The fraction of sp³-hybridized carbons (Fsp3) is 0.0345. The largest absolute Gasteiger partial charge is 0.355 e. The van der Waals surface area contributed by atoms with Crippen molar-refractivity contribution >= 4 is 65.1 Å². The molecule has 0 amide bonds. The van der Waals surface area contributed by atoms with Crippen molar-refractivity contribution in [2.75, 3.05) is 5.32 Å². The lowest BCUT2D eigenvalue weighted by Gasteiger charge is -2.13. The van der Waals surface area contributed by atoms with Crippen molar-refractivity contribution in [3.05, 3.63) is 109 Å². The van der Waals surface area contributed by atoms with Crippen LogP contribution < -0.4 is 5.32 Å². The molecular weight excluding hydrogens is 578 g/mol. The van der Waals surface area contributed by atoms with E-state index >= 15 is 0 Å². The maximum atomic E-state index is 12.2. The predicted octanol–water partition coefficient (Wildman–Crippen LogP) is 8.22. The third-order valence-corrected chi connectivity index (χ3v) is 7.90. The molecule has 0 aliphatic carbocycles. The molecular formula is C29H23N5O6S2. The number of hydrogen-bond acceptors (Lipinski definition) is 9. The number of hydrogen-bond donors (Lipinski definition) is 3. The Labute approximate surface area is 241 Å². The van der Waals surface area contributed by atoms with Crippen LogP contribution >= 0.6 is 0 Å². The summed E-state index contributed by atoms with van der Waals surface area (Å²) in [5.74, 6) is 0. The summed E-state index contributed by atoms with van der Waals surface area (Å²) in [4.78, 5) is -0.547. The summed E-state index contributed by atoms with van der Waals surface area (Å²) in [6.45, 7) is 1.79. The van der Waals surface area contributed by atoms with Gasteiger partial charge < -0.3 is 5.32 Å². The monoisotopic (exact) mass is 601 g/mol. The molecule has 5 rings (SSSR count). The smallest absolute Gasteiger partial charge is 0.295 e. The van der Waals surface area contributed by atoms with Gasteiger partial charge in [0.1, 0.15) is 4.90 Å². The van der Waals surface area contributed by atoms with Crippen LogP contribution in [0.1, 0.15) is 5.56 Å². The quantitative estimate of drug-likeness (QED) is 0.119. The Morgan fingerprint density at radius 1 is 0.619 bits per heavy atom. The molecule has 5 aromatic carbocycles. The van der Waals surface area contributed by atoms with Crippen LogP contribution in [0.5, 0.6) is 0 Å². The van der Waals surface area contributed by atoms with Crippen molar-refractivity contribution in [2.45, 2.75) is 16.7 Å². The van der Waals surface area contributed by atoms with Crippen molar-refractivity contribution in [1.29, 1.82) is 0 Å². The zero-order chi connectivity index (χ0) is 29.9. The minimum absolute atomic E-state index is 0.245. The summed E-state index contributed by atoms with van der Waals surface area (Å²) in [6, 6.07) is 27.6. The molecule has 0 atom stereocenters. The molecule has 0 aliphatic rings. The minimum Gasteiger partial charge on any atom is -0.355 e. The molecule has 13 heteroatoms. The number of azo groups is 2. The summed E-state index contributed by atoms with van der Waals surface area (Å²) in [5.41, 5.74) is 3.54. The van der Waals surface area contributed by atoms with Crippen molar-refractivity contribution in [3.63, 3.8) is 0 Å². The number of anilines is 2. The molecule has 0 saturated heterocycles. The summed E-state index contributed by atoms with van der Waals surface area (Å²) >= 11 is 0. The van der Waals surface area contributed by atoms with Crippen molar-refractivity contribution in [1.82, 2.24) is 0 Å². The number of rotatable bonds is 8. The van der Waals surface area contributed by atoms with Crippen molar-refractivity contribution in [3.8, 4) is 0 Å². The molecule has 0 radical (unpaired) electrons. The Bertz CT molecular complexity index is 2080. The number of para-hydroxylation sites is 1. The molecule has 3 N–H and O–H groups in total. The fourth-order valence-electron chi connectivity index (χ4n) is 4.18. The molecule has 0 bridgehead atoms. The van der Waals surface area contributed by atoms with Gasteiger partial charge in [-0.05, 0) is 79.2 Å². The maximum Gasteiger partial charge on any atom is 0.295 e. The van der Waals surface area contributed by atoms with Crippen molar-refractivity contribution in [2.24, 2.45) is 20.5 Å². The van der Waals surface area contributed by atoms with Gasteiger partial charge in [-0.25, -0.2) is 0 Å². The van der Waals surface area contributed by atoms with Crippen LogP contribution in [0.15, 0.2) is 133 Å². The van der Waals surface area contributed by atoms with E-state index in [1.807, 2.05) is 30.3 Å². The lowest BCUT2D eigenvalue weighted by Crippen LogP contribution is -2.01. The molecule has 0 saturated carbocycles. The van der Waals surface area contributed by atoms with Gasteiger partial charge in [-0.3, -0.25) is 9.11 Å². The van der Waals surface area contributed by atoms with E-state index in [9.17, 15) is 25.9 Å². The Morgan fingerprint density at radius 2 is 1.29 bits per heavy atom. The number of nitrogens with one attached hydrogen (secondary N) is 1. The molecule has 0 spiro atoms. The Morgan fingerprint density at radius 3 is 1.98 bits per heavy atom. The second-order valence-electron chi connectivity index (χ2n) is 9.12. The van der Waals surface area contributed by atoms with E-state index in [1.165, 1.54) is 30.3 Å². The van der Waals surface area contributed by atoms with Crippen molar-refractivity contribution < 1.29 is 25.9 Å². The van der Waals surface area contributed by atoms with E-state index in [0.29, 0.717) is 33.7 Å². The fourth-order valence-corrected chi connectivity index (χ4v) is 5.43. The van der Waals surface area contributed by atoms with E-state index in [1.54, 1.807) is 49.4 Å². The molecule has 11 nitrogen and oxygen atoms in total. The third-order valence-electron chi connectivity index (χ3n) is 6.15. The lowest BCUT2D eigenvalue weighted by atomic mass is 10.1. The predicted molar refractivity (Wildman–Crippen MR) is 159 cm³/mol. The van der Waals surface area contributed by atoms with Crippen LogP contribution in [-0.4, -0.2) is 25.9 Å². The van der Waals surface area contributed by atoms with Crippen LogP contribution in [0.2, 0.25) is 0 Å². The van der Waals surface area contributed by atoms with E-state index in [-0.39, 0.29) is 20.9 Å². The van der Waals surface area contributed by atoms with Gasteiger partial charge in [0.25, 0.3) is 20.2 Å². The topological polar surface area (TPSA) is 170 Å². The number of benzene rings is 5. The minimum atomic E-state index is -4.55. The molecule has 5 aromatic rings. The van der Waals surface area contributed by atoms with Gasteiger partial charge in [-0.15, -0.1) is 5.11 Å². The van der Waals surface area contributed by atoms with Crippen LogP contribution in [0.25, 0.3) is 10.8 Å². The SMILES string of the molecule is Cc1cc(/N=N/c2ccc(Nc3ccccc3)c3c(S(=O)(=O)O)cccc23)ccc1/N=N/c1cccc(S(=O)(=O)O)c1. The number of aryl methyl sites for hydroxylation is 1. The van der Waals surface area contributed by atoms with E-state index < -0.39 is 20.2 Å². The molecule has 0 aliphatic heterocycles. The lowest BCUT2D eigenvalue weighted by molar-refractivity contribution is 0.481. The highest BCUT2D eigenvalue weighted by Crippen LogP contribution is 2.38.